The van der Waals surface area contributed by atoms with E-state index in [-0.39, 0.29) is 12.7 Å². The number of hydrogen-bond donors (Lipinski definition) is 0. The summed E-state index contributed by atoms with van der Waals surface area (Å²) in [5.74, 6) is 2.56. The number of thioether (sulfide) groups is 1. The van der Waals surface area contributed by atoms with Crippen molar-refractivity contribution >= 4 is 34.6 Å². The molecular weight excluding hydrogens is 476 g/mol. The molecule has 8 heteroatoms. The molecule has 0 radical (unpaired) electrons. The Hall–Kier alpha value is -3.91. The maximum atomic E-state index is 12.9. The lowest BCUT2D eigenvalue weighted by molar-refractivity contribution is -0.121. The SMILES string of the molecule is CCc1ccccc1N=C1S/C(=C/c2ccc(OCc3ccc4c(c3)OCO4)c(OC)c2)C(=O)N1C. The lowest BCUT2D eigenvalue weighted by Crippen LogP contribution is -2.23. The molecule has 1 saturated heterocycles. The van der Waals surface area contributed by atoms with Crippen molar-refractivity contribution in [3.63, 3.8) is 0 Å². The Morgan fingerprint density at radius 1 is 1.06 bits per heavy atom. The van der Waals surface area contributed by atoms with Gasteiger partial charge in [0.05, 0.1) is 17.7 Å². The van der Waals surface area contributed by atoms with E-state index < -0.39 is 0 Å². The predicted molar refractivity (Wildman–Crippen MR) is 141 cm³/mol. The molecule has 0 unspecified atom stereocenters. The maximum Gasteiger partial charge on any atom is 0.266 e. The summed E-state index contributed by atoms with van der Waals surface area (Å²) >= 11 is 1.36. The van der Waals surface area contributed by atoms with Crippen LogP contribution in [0.3, 0.4) is 0 Å². The molecule has 0 saturated carbocycles. The average molecular weight is 503 g/mol. The topological polar surface area (TPSA) is 69.6 Å². The Morgan fingerprint density at radius 3 is 2.72 bits per heavy atom. The van der Waals surface area contributed by atoms with Gasteiger partial charge in [0.2, 0.25) is 6.79 Å². The summed E-state index contributed by atoms with van der Waals surface area (Å²) in [7, 11) is 3.34. The molecule has 2 aliphatic heterocycles. The summed E-state index contributed by atoms with van der Waals surface area (Å²) < 4.78 is 22.4. The van der Waals surface area contributed by atoms with Crippen molar-refractivity contribution < 1.29 is 23.7 Å². The first-order chi connectivity index (χ1) is 17.6. The minimum absolute atomic E-state index is 0.0881. The molecule has 3 aromatic rings. The van der Waals surface area contributed by atoms with Crippen molar-refractivity contribution in [2.75, 3.05) is 21.0 Å². The number of nitrogens with zero attached hydrogens (tertiary/aromatic N) is 2. The van der Waals surface area contributed by atoms with Crippen molar-refractivity contribution in [1.82, 2.24) is 4.90 Å². The van der Waals surface area contributed by atoms with Crippen LogP contribution in [-0.2, 0) is 17.8 Å². The lowest BCUT2D eigenvalue weighted by atomic mass is 10.1. The fraction of sp³-hybridized carbons (Fsp3) is 0.214. The van der Waals surface area contributed by atoms with Crippen molar-refractivity contribution in [3.05, 3.63) is 82.3 Å². The number of carbonyl (C=O) groups is 1. The summed E-state index contributed by atoms with van der Waals surface area (Å²) in [6, 6.07) is 19.3. The number of aliphatic imine (C=N–C) groups is 1. The molecule has 2 aliphatic rings. The summed E-state index contributed by atoms with van der Waals surface area (Å²) in [5, 5.41) is 0.655. The van der Waals surface area contributed by atoms with Crippen LogP contribution in [0, 0.1) is 0 Å². The molecule has 0 aromatic heterocycles. The molecule has 184 valence electrons. The van der Waals surface area contributed by atoms with E-state index in [2.05, 4.69) is 13.0 Å². The molecule has 5 rings (SSSR count). The van der Waals surface area contributed by atoms with Crippen LogP contribution < -0.4 is 18.9 Å². The number of amidine groups is 1. The highest BCUT2D eigenvalue weighted by Crippen LogP contribution is 2.37. The standard InChI is InChI=1S/C28H26N2O5S/c1-4-20-7-5-6-8-21(20)29-28-30(2)27(31)26(36-28)15-18-9-11-22(24(13-18)32-3)33-16-19-10-12-23-25(14-19)35-17-34-23/h5-15H,4,16-17H2,1-3H3/b26-15+,29-28?. The van der Waals surface area contributed by atoms with E-state index in [9.17, 15) is 4.79 Å². The zero-order chi connectivity index (χ0) is 25.1. The number of para-hydroxylation sites is 1. The van der Waals surface area contributed by atoms with Crippen LogP contribution in [0.5, 0.6) is 23.0 Å². The van der Waals surface area contributed by atoms with E-state index in [0.29, 0.717) is 28.2 Å². The van der Waals surface area contributed by atoms with Crippen LogP contribution in [-0.4, -0.2) is 36.9 Å². The lowest BCUT2D eigenvalue weighted by Gasteiger charge is -2.12. The zero-order valence-electron chi connectivity index (χ0n) is 20.3. The second-order valence-electron chi connectivity index (χ2n) is 8.24. The second-order valence-corrected chi connectivity index (χ2v) is 9.25. The third-order valence-electron chi connectivity index (χ3n) is 5.91. The van der Waals surface area contributed by atoms with Gasteiger partial charge < -0.3 is 18.9 Å². The molecule has 1 fully saturated rings. The van der Waals surface area contributed by atoms with Gasteiger partial charge in [-0.2, -0.15) is 0 Å². The quantitative estimate of drug-likeness (QED) is 0.381. The normalized spacial score (nSPS) is 16.8. The van der Waals surface area contributed by atoms with E-state index in [0.717, 1.165) is 40.3 Å². The summed E-state index contributed by atoms with van der Waals surface area (Å²) in [5.41, 5.74) is 3.82. The maximum absolute atomic E-state index is 12.9. The van der Waals surface area contributed by atoms with E-state index in [4.69, 9.17) is 23.9 Å². The minimum atomic E-state index is -0.0881. The number of likely N-dealkylation sites (N-methyl/N-ethyl adjacent to an activating group) is 1. The van der Waals surface area contributed by atoms with Gasteiger partial charge in [-0.15, -0.1) is 0 Å². The van der Waals surface area contributed by atoms with Gasteiger partial charge in [-0.3, -0.25) is 9.69 Å². The van der Waals surface area contributed by atoms with Crippen LogP contribution >= 0.6 is 11.8 Å². The van der Waals surface area contributed by atoms with E-state index in [1.807, 2.05) is 60.7 Å². The number of hydrogen-bond acceptors (Lipinski definition) is 7. The third kappa shape index (κ3) is 4.90. The number of aryl methyl sites for hydroxylation is 1. The number of benzene rings is 3. The van der Waals surface area contributed by atoms with E-state index in [1.165, 1.54) is 11.8 Å². The largest absolute Gasteiger partial charge is 0.493 e. The molecule has 1 amide bonds. The molecule has 0 bridgehead atoms. The molecular formula is C28H26N2O5S. The highest BCUT2D eigenvalue weighted by atomic mass is 32.2. The molecule has 7 nitrogen and oxygen atoms in total. The molecule has 0 atom stereocenters. The Morgan fingerprint density at radius 2 is 1.89 bits per heavy atom. The van der Waals surface area contributed by atoms with Crippen molar-refractivity contribution in [1.29, 1.82) is 0 Å². The first kappa shape index (κ1) is 23.8. The summed E-state index contributed by atoms with van der Waals surface area (Å²) in [6.07, 6.45) is 2.72. The summed E-state index contributed by atoms with van der Waals surface area (Å²) in [6.45, 7) is 2.68. The van der Waals surface area contributed by atoms with Gasteiger partial charge in [-0.25, -0.2) is 4.99 Å². The van der Waals surface area contributed by atoms with E-state index >= 15 is 0 Å². The highest BCUT2D eigenvalue weighted by molar-refractivity contribution is 8.18. The average Bonchev–Trinajstić information content (AvgIpc) is 3.48. The van der Waals surface area contributed by atoms with E-state index in [1.54, 1.807) is 19.1 Å². The fourth-order valence-corrected chi connectivity index (χ4v) is 4.89. The molecule has 2 heterocycles. The molecule has 36 heavy (non-hydrogen) atoms. The number of ether oxygens (including phenoxy) is 4. The fourth-order valence-electron chi connectivity index (χ4n) is 3.91. The van der Waals surface area contributed by atoms with Gasteiger partial charge >= 0.3 is 0 Å². The number of carbonyl (C=O) groups excluding carboxylic acids is 1. The third-order valence-corrected chi connectivity index (χ3v) is 6.97. The van der Waals surface area contributed by atoms with Crippen LogP contribution in [0.4, 0.5) is 5.69 Å². The monoisotopic (exact) mass is 502 g/mol. The van der Waals surface area contributed by atoms with Gasteiger partial charge in [-0.05, 0) is 71.3 Å². The zero-order valence-corrected chi connectivity index (χ0v) is 21.1. The predicted octanol–water partition coefficient (Wildman–Crippen LogP) is 5.80. The Balaban J connectivity index is 1.33. The van der Waals surface area contributed by atoms with Gasteiger partial charge in [0.1, 0.15) is 6.61 Å². The van der Waals surface area contributed by atoms with Gasteiger partial charge in [0, 0.05) is 7.05 Å². The van der Waals surface area contributed by atoms with Crippen molar-refractivity contribution in [2.24, 2.45) is 4.99 Å². The number of amides is 1. The molecule has 3 aromatic carbocycles. The Bertz CT molecular complexity index is 1370. The number of rotatable bonds is 7. The van der Waals surface area contributed by atoms with Crippen LogP contribution in [0.2, 0.25) is 0 Å². The second kappa shape index (κ2) is 10.4. The Labute approximate surface area is 214 Å². The van der Waals surface area contributed by atoms with Crippen LogP contribution in [0.25, 0.3) is 6.08 Å². The molecule has 0 spiro atoms. The van der Waals surface area contributed by atoms with Crippen LogP contribution in [0.15, 0.2) is 70.6 Å². The van der Waals surface area contributed by atoms with Gasteiger partial charge in [-0.1, -0.05) is 37.3 Å². The van der Waals surface area contributed by atoms with Crippen molar-refractivity contribution in [3.8, 4) is 23.0 Å². The number of methoxy groups -OCH3 is 1. The number of fused-ring (bicyclic) bond motifs is 1. The summed E-state index contributed by atoms with van der Waals surface area (Å²) in [4.78, 5) is 19.8. The van der Waals surface area contributed by atoms with Crippen LogP contribution in [0.1, 0.15) is 23.6 Å². The molecule has 0 aliphatic carbocycles. The highest BCUT2D eigenvalue weighted by Gasteiger charge is 2.30. The van der Waals surface area contributed by atoms with Gasteiger partial charge in [0.15, 0.2) is 28.2 Å². The van der Waals surface area contributed by atoms with Gasteiger partial charge in [0.25, 0.3) is 5.91 Å². The van der Waals surface area contributed by atoms with Crippen molar-refractivity contribution in [2.45, 2.75) is 20.0 Å². The smallest absolute Gasteiger partial charge is 0.266 e. The molecule has 0 N–H and O–H groups in total. The first-order valence-corrected chi connectivity index (χ1v) is 12.4. The Kier molecular flexibility index (Phi) is 6.86. The first-order valence-electron chi connectivity index (χ1n) is 11.6. The minimum Gasteiger partial charge on any atom is -0.493 e.